The van der Waals surface area contributed by atoms with Crippen LogP contribution in [-0.4, -0.2) is 60.1 Å². The smallest absolute Gasteiger partial charge is 0.305 e. The molecule has 148 valence electrons. The van der Waals surface area contributed by atoms with E-state index in [2.05, 4.69) is 9.88 Å². The van der Waals surface area contributed by atoms with Crippen LogP contribution >= 0.6 is 11.3 Å². The Hall–Kier alpha value is -2.50. The quantitative estimate of drug-likeness (QED) is 0.459. The molecule has 0 amide bonds. The topological polar surface area (TPSA) is 101 Å². The number of nitrogens with zero attached hydrogens (tertiary/aromatic N) is 5. The van der Waals surface area contributed by atoms with Gasteiger partial charge in [0.05, 0.1) is 10.6 Å². The molecule has 3 aromatic heterocycles. The summed E-state index contributed by atoms with van der Waals surface area (Å²) in [5, 5.41) is 11.8. The summed E-state index contributed by atoms with van der Waals surface area (Å²) in [4.78, 5) is 19.6. The van der Waals surface area contributed by atoms with E-state index in [0.29, 0.717) is 24.6 Å². The fourth-order valence-corrected chi connectivity index (χ4v) is 5.37. The molecule has 9 nitrogen and oxygen atoms in total. The van der Waals surface area contributed by atoms with E-state index in [4.69, 9.17) is 0 Å². The number of thiophene rings is 1. The van der Waals surface area contributed by atoms with Crippen LogP contribution in [0.25, 0.3) is 5.65 Å². The lowest BCUT2D eigenvalue weighted by molar-refractivity contribution is -0.383. The third-order valence-corrected chi connectivity index (χ3v) is 7.68. The number of piperazine rings is 1. The summed E-state index contributed by atoms with van der Waals surface area (Å²) < 4.78 is 25.6. The first-order valence-corrected chi connectivity index (χ1v) is 11.4. The van der Waals surface area contributed by atoms with Gasteiger partial charge in [-0.3, -0.25) is 15.0 Å². The summed E-state index contributed by atoms with van der Waals surface area (Å²) in [6, 6.07) is 7.02. The van der Waals surface area contributed by atoms with Crippen LogP contribution in [0.3, 0.4) is 0 Å². The molecule has 0 bridgehead atoms. The van der Waals surface area contributed by atoms with Gasteiger partial charge in [-0.15, -0.1) is 0 Å². The van der Waals surface area contributed by atoms with E-state index in [0.717, 1.165) is 42.0 Å². The summed E-state index contributed by atoms with van der Waals surface area (Å²) >= 11 is 0.972. The molecule has 1 saturated heterocycles. The highest BCUT2D eigenvalue weighted by atomic mass is 32.2. The number of hydrogen-bond acceptors (Lipinski definition) is 8. The lowest BCUT2D eigenvalue weighted by Crippen LogP contribution is -2.45. The van der Waals surface area contributed by atoms with Gasteiger partial charge in [0.15, 0.2) is 14.8 Å². The Morgan fingerprint density at radius 1 is 1.25 bits per heavy atom. The van der Waals surface area contributed by atoms with Crippen LogP contribution in [0.4, 0.5) is 10.7 Å². The molecule has 1 aliphatic rings. The Labute approximate surface area is 165 Å². The Balaban J connectivity index is 1.46. The van der Waals surface area contributed by atoms with Gasteiger partial charge in [0.1, 0.15) is 9.86 Å². The number of imidazole rings is 1. The largest absolute Gasteiger partial charge is 0.355 e. The maximum Gasteiger partial charge on any atom is 0.305 e. The molecular weight excluding hydrogens is 402 g/mol. The lowest BCUT2D eigenvalue weighted by atomic mass is 10.3. The number of hydrogen-bond donors (Lipinski definition) is 0. The Morgan fingerprint density at radius 2 is 2.00 bits per heavy atom. The van der Waals surface area contributed by atoms with Crippen molar-refractivity contribution >= 4 is 37.5 Å². The van der Waals surface area contributed by atoms with E-state index >= 15 is 0 Å². The van der Waals surface area contributed by atoms with Crippen molar-refractivity contribution < 1.29 is 13.3 Å². The van der Waals surface area contributed by atoms with Gasteiger partial charge < -0.3 is 9.30 Å². The van der Waals surface area contributed by atoms with Crippen molar-refractivity contribution in [1.82, 2.24) is 14.3 Å². The monoisotopic (exact) mass is 421 g/mol. The van der Waals surface area contributed by atoms with Crippen LogP contribution in [-0.2, 0) is 16.4 Å². The van der Waals surface area contributed by atoms with Crippen LogP contribution in [0.15, 0.2) is 40.9 Å². The molecule has 1 aliphatic heterocycles. The first-order valence-electron chi connectivity index (χ1n) is 8.69. The maximum absolute atomic E-state index is 11.8. The van der Waals surface area contributed by atoms with Crippen molar-refractivity contribution in [2.45, 2.75) is 10.8 Å². The maximum atomic E-state index is 11.8. The van der Waals surface area contributed by atoms with Crippen molar-refractivity contribution in [3.63, 3.8) is 0 Å². The fraction of sp³-hybridized carbons (Fsp3) is 0.353. The molecule has 0 N–H and O–H groups in total. The molecule has 0 unspecified atom stereocenters. The van der Waals surface area contributed by atoms with Gasteiger partial charge in [-0.05, 0) is 12.1 Å². The zero-order valence-corrected chi connectivity index (χ0v) is 16.8. The average Bonchev–Trinajstić information content (AvgIpc) is 3.26. The van der Waals surface area contributed by atoms with E-state index in [-0.39, 0.29) is 9.90 Å². The molecule has 4 heterocycles. The van der Waals surface area contributed by atoms with E-state index in [1.165, 1.54) is 6.07 Å². The SMILES string of the molecule is CS(=O)(=O)c1cc([N+](=O)[O-])c(N2CCN(Cc3cn4ccccc4n3)CC2)s1. The van der Waals surface area contributed by atoms with Crippen LogP contribution in [0, 0.1) is 10.1 Å². The summed E-state index contributed by atoms with van der Waals surface area (Å²) in [5.41, 5.74) is 1.74. The molecule has 0 radical (unpaired) electrons. The third kappa shape index (κ3) is 3.73. The molecule has 0 atom stereocenters. The molecule has 0 aromatic carbocycles. The second kappa shape index (κ2) is 7.15. The highest BCUT2D eigenvalue weighted by molar-refractivity contribution is 7.92. The van der Waals surface area contributed by atoms with Gasteiger partial charge in [-0.1, -0.05) is 17.4 Å². The minimum absolute atomic E-state index is 0.0290. The van der Waals surface area contributed by atoms with E-state index in [9.17, 15) is 18.5 Å². The average molecular weight is 422 g/mol. The molecule has 28 heavy (non-hydrogen) atoms. The van der Waals surface area contributed by atoms with Gasteiger partial charge in [0.2, 0.25) is 0 Å². The number of sulfone groups is 1. The van der Waals surface area contributed by atoms with Gasteiger partial charge in [-0.25, -0.2) is 13.4 Å². The molecule has 3 aromatic rings. The van der Waals surface area contributed by atoms with Gasteiger partial charge >= 0.3 is 5.69 Å². The van der Waals surface area contributed by atoms with Crippen LogP contribution in [0.2, 0.25) is 0 Å². The zero-order chi connectivity index (χ0) is 19.9. The highest BCUT2D eigenvalue weighted by Gasteiger charge is 2.29. The van der Waals surface area contributed by atoms with Gasteiger partial charge in [0, 0.05) is 57.4 Å². The fourth-order valence-electron chi connectivity index (χ4n) is 3.29. The van der Waals surface area contributed by atoms with E-state index in [1.807, 2.05) is 39.9 Å². The highest BCUT2D eigenvalue weighted by Crippen LogP contribution is 2.40. The number of fused-ring (bicyclic) bond motifs is 1. The molecular formula is C17H19N5O4S2. The summed E-state index contributed by atoms with van der Waals surface area (Å²) in [7, 11) is -3.47. The standard InChI is InChI=1S/C17H19N5O4S2/c1-28(25,26)16-10-14(22(23)24)17(27-16)20-8-6-19(7-9-20)11-13-12-21-5-3-2-4-15(21)18-13/h2-5,10,12H,6-9,11H2,1H3. The number of anilines is 1. The summed E-state index contributed by atoms with van der Waals surface area (Å²) in [6.45, 7) is 3.33. The van der Waals surface area contributed by atoms with Crippen molar-refractivity contribution in [3.8, 4) is 0 Å². The lowest BCUT2D eigenvalue weighted by Gasteiger charge is -2.34. The third-order valence-electron chi connectivity index (χ3n) is 4.69. The second-order valence-electron chi connectivity index (χ2n) is 6.75. The number of aromatic nitrogens is 2. The van der Waals surface area contributed by atoms with Gasteiger partial charge in [0.25, 0.3) is 0 Å². The van der Waals surface area contributed by atoms with Crippen molar-refractivity contribution in [2.75, 3.05) is 37.3 Å². The Bertz CT molecular complexity index is 1100. The molecule has 0 saturated carbocycles. The van der Waals surface area contributed by atoms with Gasteiger partial charge in [-0.2, -0.15) is 0 Å². The zero-order valence-electron chi connectivity index (χ0n) is 15.2. The first kappa shape index (κ1) is 18.8. The minimum Gasteiger partial charge on any atom is -0.355 e. The van der Waals surface area contributed by atoms with E-state index in [1.54, 1.807) is 0 Å². The van der Waals surface area contributed by atoms with Crippen molar-refractivity contribution in [1.29, 1.82) is 0 Å². The first-order chi connectivity index (χ1) is 13.3. The molecule has 0 spiro atoms. The normalized spacial score (nSPS) is 16.0. The van der Waals surface area contributed by atoms with Crippen LogP contribution in [0.1, 0.15) is 5.69 Å². The van der Waals surface area contributed by atoms with Crippen molar-refractivity contribution in [2.24, 2.45) is 0 Å². The predicted octanol–water partition coefficient (Wildman–Crippen LogP) is 2.03. The molecule has 0 aliphatic carbocycles. The minimum atomic E-state index is -3.47. The number of rotatable bonds is 5. The number of nitro groups is 1. The van der Waals surface area contributed by atoms with Crippen molar-refractivity contribution in [3.05, 3.63) is 52.5 Å². The van der Waals surface area contributed by atoms with Crippen LogP contribution < -0.4 is 4.90 Å². The molecule has 4 rings (SSSR count). The Kier molecular flexibility index (Phi) is 4.81. The second-order valence-corrected chi connectivity index (χ2v) is 10.0. The summed E-state index contributed by atoms with van der Waals surface area (Å²) in [5.74, 6) is 0. The summed E-state index contributed by atoms with van der Waals surface area (Å²) in [6.07, 6.45) is 5.03. The molecule has 11 heteroatoms. The predicted molar refractivity (Wildman–Crippen MR) is 107 cm³/mol. The number of pyridine rings is 1. The van der Waals surface area contributed by atoms with E-state index < -0.39 is 14.8 Å². The van der Waals surface area contributed by atoms with Crippen LogP contribution in [0.5, 0.6) is 0 Å². The Morgan fingerprint density at radius 3 is 2.64 bits per heavy atom. The molecule has 1 fully saturated rings.